The Hall–Kier alpha value is -0.500. The summed E-state index contributed by atoms with van der Waals surface area (Å²) in [6, 6.07) is 6.04. The van der Waals surface area contributed by atoms with Gasteiger partial charge in [0.05, 0.1) is 0 Å². The van der Waals surface area contributed by atoms with Crippen molar-refractivity contribution in [3.05, 3.63) is 34.8 Å². The van der Waals surface area contributed by atoms with Crippen LogP contribution in [0.25, 0.3) is 0 Å². The highest BCUT2D eigenvalue weighted by Gasteiger charge is 2.11. The van der Waals surface area contributed by atoms with Crippen LogP contribution in [0.1, 0.15) is 5.56 Å². The lowest BCUT2D eigenvalue weighted by Gasteiger charge is -1.96. The standard InChI is InChI=1S/C8H6BrO/c9-7-1-2-8-6(5-7)3-4-10-8/h1-2,4-5H,3H2. The molecule has 1 heterocycles. The van der Waals surface area contributed by atoms with Crippen LogP contribution < -0.4 is 4.74 Å². The van der Waals surface area contributed by atoms with Gasteiger partial charge in [-0.25, -0.2) is 0 Å². The van der Waals surface area contributed by atoms with Crippen LogP contribution in [0.4, 0.5) is 0 Å². The topological polar surface area (TPSA) is 9.23 Å². The zero-order valence-electron chi connectivity index (χ0n) is 5.30. The monoisotopic (exact) mass is 197 g/mol. The van der Waals surface area contributed by atoms with Crippen LogP contribution in [0.5, 0.6) is 5.75 Å². The lowest BCUT2D eigenvalue weighted by atomic mass is 10.2. The van der Waals surface area contributed by atoms with Gasteiger partial charge in [-0.3, -0.25) is 0 Å². The minimum Gasteiger partial charge on any atom is -0.486 e. The maximum Gasteiger partial charge on any atom is 0.140 e. The number of rotatable bonds is 0. The van der Waals surface area contributed by atoms with Crippen molar-refractivity contribution < 1.29 is 4.74 Å². The van der Waals surface area contributed by atoms with Gasteiger partial charge in [0.15, 0.2) is 0 Å². The molecule has 10 heavy (non-hydrogen) atoms. The molecule has 0 amide bonds. The Kier molecular flexibility index (Phi) is 1.42. The number of fused-ring (bicyclic) bond motifs is 1. The first kappa shape index (κ1) is 6.23. The molecule has 1 aromatic carbocycles. The Morgan fingerprint density at radius 3 is 3.20 bits per heavy atom. The van der Waals surface area contributed by atoms with Crippen molar-refractivity contribution in [2.24, 2.45) is 0 Å². The zero-order valence-corrected chi connectivity index (χ0v) is 6.89. The molecule has 1 aromatic rings. The van der Waals surface area contributed by atoms with Gasteiger partial charge in [0.25, 0.3) is 0 Å². The van der Waals surface area contributed by atoms with E-state index < -0.39 is 0 Å². The molecule has 0 fully saturated rings. The summed E-state index contributed by atoms with van der Waals surface area (Å²) in [5.74, 6) is 0.989. The third kappa shape index (κ3) is 0.926. The molecule has 1 nitrogen and oxygen atoms in total. The number of hydrogen-bond donors (Lipinski definition) is 0. The van der Waals surface area contributed by atoms with Crippen molar-refractivity contribution in [2.45, 2.75) is 6.42 Å². The molecule has 1 aliphatic heterocycles. The number of hydrogen-bond acceptors (Lipinski definition) is 1. The molecule has 1 radical (unpaired) electrons. The summed E-state index contributed by atoms with van der Waals surface area (Å²) in [4.78, 5) is 0. The van der Waals surface area contributed by atoms with E-state index in [4.69, 9.17) is 4.74 Å². The Bertz CT molecular complexity index is 257. The van der Waals surface area contributed by atoms with Gasteiger partial charge in [-0.05, 0) is 23.8 Å². The van der Waals surface area contributed by atoms with Gasteiger partial charge in [0.2, 0.25) is 0 Å². The third-order valence-electron chi connectivity index (χ3n) is 1.54. The van der Waals surface area contributed by atoms with Crippen LogP contribution >= 0.6 is 15.9 Å². The largest absolute Gasteiger partial charge is 0.486 e. The van der Waals surface area contributed by atoms with E-state index in [1.807, 2.05) is 18.7 Å². The normalized spacial score (nSPS) is 14.5. The first-order chi connectivity index (χ1) is 4.86. The predicted octanol–water partition coefficient (Wildman–Crippen LogP) is 2.55. The van der Waals surface area contributed by atoms with E-state index in [0.29, 0.717) is 0 Å². The molecule has 0 spiro atoms. The van der Waals surface area contributed by atoms with E-state index in [-0.39, 0.29) is 0 Å². The van der Waals surface area contributed by atoms with Crippen molar-refractivity contribution in [2.75, 3.05) is 0 Å². The third-order valence-corrected chi connectivity index (χ3v) is 2.03. The summed E-state index contributed by atoms with van der Waals surface area (Å²) in [7, 11) is 0. The fourth-order valence-corrected chi connectivity index (χ4v) is 1.45. The highest BCUT2D eigenvalue weighted by molar-refractivity contribution is 9.10. The Morgan fingerprint density at radius 1 is 1.40 bits per heavy atom. The SMILES string of the molecule is Brc1ccc2c(c1)C[CH]O2. The van der Waals surface area contributed by atoms with E-state index in [2.05, 4.69) is 22.0 Å². The van der Waals surface area contributed by atoms with Gasteiger partial charge in [-0.2, -0.15) is 0 Å². The second-order valence-electron chi connectivity index (χ2n) is 2.24. The Labute approximate surface area is 68.1 Å². The molecule has 1 aliphatic rings. The lowest BCUT2D eigenvalue weighted by molar-refractivity contribution is 0.435. The van der Waals surface area contributed by atoms with Crippen molar-refractivity contribution >= 4 is 15.9 Å². The zero-order chi connectivity index (χ0) is 6.97. The quantitative estimate of drug-likeness (QED) is 0.622. The summed E-state index contributed by atoms with van der Waals surface area (Å²) in [6.45, 7) is 1.82. The highest BCUT2D eigenvalue weighted by atomic mass is 79.9. The fourth-order valence-electron chi connectivity index (χ4n) is 1.04. The average Bonchev–Trinajstić information content (AvgIpc) is 2.33. The lowest BCUT2D eigenvalue weighted by Crippen LogP contribution is -1.76. The van der Waals surface area contributed by atoms with Crippen molar-refractivity contribution in [1.82, 2.24) is 0 Å². The first-order valence-corrected chi connectivity index (χ1v) is 3.92. The molecular weight excluding hydrogens is 192 g/mol. The van der Waals surface area contributed by atoms with Crippen molar-refractivity contribution in [1.29, 1.82) is 0 Å². The molecule has 0 saturated carbocycles. The van der Waals surface area contributed by atoms with Gasteiger partial charge < -0.3 is 4.74 Å². The molecule has 2 heteroatoms. The van der Waals surface area contributed by atoms with Crippen LogP contribution in [0, 0.1) is 6.61 Å². The van der Waals surface area contributed by atoms with E-state index in [0.717, 1.165) is 16.6 Å². The van der Waals surface area contributed by atoms with E-state index in [1.165, 1.54) is 5.56 Å². The van der Waals surface area contributed by atoms with Crippen molar-refractivity contribution in [3.8, 4) is 5.75 Å². The van der Waals surface area contributed by atoms with Crippen LogP contribution in [-0.4, -0.2) is 0 Å². The van der Waals surface area contributed by atoms with Gasteiger partial charge in [-0.15, -0.1) is 0 Å². The number of benzene rings is 1. The van der Waals surface area contributed by atoms with Gasteiger partial charge in [-0.1, -0.05) is 15.9 Å². The minimum atomic E-state index is 0.925. The van der Waals surface area contributed by atoms with E-state index in [1.54, 1.807) is 0 Å². The average molecular weight is 198 g/mol. The molecule has 0 aliphatic carbocycles. The van der Waals surface area contributed by atoms with E-state index in [9.17, 15) is 0 Å². The molecule has 0 N–H and O–H groups in total. The maximum absolute atomic E-state index is 5.21. The van der Waals surface area contributed by atoms with Crippen LogP contribution in [0.3, 0.4) is 0 Å². The molecule has 0 atom stereocenters. The molecule has 0 unspecified atom stereocenters. The van der Waals surface area contributed by atoms with Crippen molar-refractivity contribution in [3.63, 3.8) is 0 Å². The number of halogens is 1. The molecule has 0 aromatic heterocycles. The molecule has 51 valence electrons. The number of ether oxygens (including phenoxy) is 1. The second-order valence-corrected chi connectivity index (χ2v) is 3.16. The Morgan fingerprint density at radius 2 is 2.30 bits per heavy atom. The molecule has 2 rings (SSSR count). The summed E-state index contributed by atoms with van der Waals surface area (Å²) in [5, 5.41) is 0. The predicted molar refractivity (Wildman–Crippen MR) is 42.8 cm³/mol. The van der Waals surface area contributed by atoms with Gasteiger partial charge in [0.1, 0.15) is 12.4 Å². The van der Waals surface area contributed by atoms with Crippen LogP contribution in [0.15, 0.2) is 22.7 Å². The molecular formula is C8H6BrO. The smallest absolute Gasteiger partial charge is 0.140 e. The summed E-state index contributed by atoms with van der Waals surface area (Å²) in [5.41, 5.74) is 1.26. The summed E-state index contributed by atoms with van der Waals surface area (Å²) >= 11 is 3.40. The highest BCUT2D eigenvalue weighted by Crippen LogP contribution is 2.29. The molecule has 0 saturated heterocycles. The van der Waals surface area contributed by atoms with Gasteiger partial charge >= 0.3 is 0 Å². The Balaban J connectivity index is 2.52. The summed E-state index contributed by atoms with van der Waals surface area (Å²) < 4.78 is 6.32. The second kappa shape index (κ2) is 2.27. The summed E-state index contributed by atoms with van der Waals surface area (Å²) in [6.07, 6.45) is 0.925. The van der Waals surface area contributed by atoms with Crippen LogP contribution in [-0.2, 0) is 6.42 Å². The van der Waals surface area contributed by atoms with Crippen LogP contribution in [0.2, 0.25) is 0 Å². The maximum atomic E-state index is 5.21. The van der Waals surface area contributed by atoms with E-state index >= 15 is 0 Å². The fraction of sp³-hybridized carbons (Fsp3) is 0.125. The first-order valence-electron chi connectivity index (χ1n) is 3.13. The van der Waals surface area contributed by atoms with Gasteiger partial charge in [0, 0.05) is 10.9 Å². The minimum absolute atomic E-state index is 0.925. The molecule has 0 bridgehead atoms.